The van der Waals surface area contributed by atoms with E-state index in [-0.39, 0.29) is 5.56 Å². The van der Waals surface area contributed by atoms with Crippen molar-refractivity contribution >= 4 is 34.1 Å². The fourth-order valence-electron chi connectivity index (χ4n) is 4.81. The number of fused-ring (bicyclic) bond motifs is 1. The van der Waals surface area contributed by atoms with Crippen molar-refractivity contribution in [2.45, 2.75) is 50.8 Å². The van der Waals surface area contributed by atoms with Gasteiger partial charge in [-0.15, -0.1) is 16.9 Å². The van der Waals surface area contributed by atoms with E-state index in [1.54, 1.807) is 0 Å². The monoisotopic (exact) mass is 621 g/mol. The topological polar surface area (TPSA) is 74.3 Å². The van der Waals surface area contributed by atoms with Gasteiger partial charge in [0.2, 0.25) is 4.96 Å². The quantitative estimate of drug-likeness (QED) is 0.0973. The molecule has 6 aromatic rings. The molecule has 0 aliphatic heterocycles. The molecule has 3 aromatic carbocycles. The number of unbranched alkanes of at least 4 members (excludes halogenated alkanes) is 3. The molecule has 0 fully saturated rings. The SMILES string of the molecule is CCCCCOc1ccc(-c2nc3s/c(=C\c4cn(-c5ccccc5)nc4-c4ccc(SCCCC)cc4)c(=O)n3n2)cc1. The van der Waals surface area contributed by atoms with E-state index in [0.717, 1.165) is 58.8 Å². The van der Waals surface area contributed by atoms with Gasteiger partial charge in [-0.1, -0.05) is 74.8 Å². The Bertz CT molecular complexity index is 1930. The zero-order chi connectivity index (χ0) is 30.3. The Balaban J connectivity index is 1.30. The maximum Gasteiger partial charge on any atom is 0.291 e. The van der Waals surface area contributed by atoms with Gasteiger partial charge in [0.15, 0.2) is 5.82 Å². The highest BCUT2D eigenvalue weighted by Gasteiger charge is 2.15. The normalized spacial score (nSPS) is 11.9. The third-order valence-corrected chi connectivity index (χ3v) is 9.31. The van der Waals surface area contributed by atoms with E-state index in [9.17, 15) is 4.79 Å². The fraction of sp³-hybridized carbons (Fsp3) is 0.257. The van der Waals surface area contributed by atoms with E-state index in [2.05, 4.69) is 48.2 Å². The summed E-state index contributed by atoms with van der Waals surface area (Å²) in [6, 6.07) is 26.2. The van der Waals surface area contributed by atoms with Crippen molar-refractivity contribution in [3.63, 3.8) is 0 Å². The van der Waals surface area contributed by atoms with Crippen molar-refractivity contribution in [3.8, 4) is 34.1 Å². The minimum Gasteiger partial charge on any atom is -0.494 e. The Morgan fingerprint density at radius 2 is 1.61 bits per heavy atom. The van der Waals surface area contributed by atoms with E-state index in [0.29, 0.717) is 21.9 Å². The van der Waals surface area contributed by atoms with E-state index in [1.165, 1.54) is 33.6 Å². The van der Waals surface area contributed by atoms with Gasteiger partial charge in [-0.2, -0.15) is 14.6 Å². The highest BCUT2D eigenvalue weighted by Crippen LogP contribution is 2.28. The average molecular weight is 622 g/mol. The van der Waals surface area contributed by atoms with E-state index in [4.69, 9.17) is 9.84 Å². The maximum absolute atomic E-state index is 13.5. The molecule has 7 nitrogen and oxygen atoms in total. The Morgan fingerprint density at radius 3 is 2.34 bits per heavy atom. The maximum atomic E-state index is 13.5. The lowest BCUT2D eigenvalue weighted by atomic mass is 10.1. The number of aromatic nitrogens is 5. The summed E-state index contributed by atoms with van der Waals surface area (Å²) in [6.45, 7) is 5.10. The Kier molecular flexibility index (Phi) is 9.53. The number of hydrogen-bond donors (Lipinski definition) is 0. The second-order valence-corrected chi connectivity index (χ2v) is 12.7. The molecule has 0 saturated carbocycles. The fourth-order valence-corrected chi connectivity index (χ4v) is 6.71. The zero-order valence-corrected chi connectivity index (χ0v) is 26.6. The molecule has 9 heteroatoms. The first-order valence-corrected chi connectivity index (χ1v) is 17.0. The van der Waals surface area contributed by atoms with Crippen LogP contribution in [0, 0.1) is 0 Å². The molecule has 0 spiro atoms. The van der Waals surface area contributed by atoms with Crippen LogP contribution in [-0.2, 0) is 0 Å². The Hall–Kier alpha value is -4.21. The third-order valence-electron chi connectivity index (χ3n) is 7.26. The van der Waals surface area contributed by atoms with Gasteiger partial charge in [0.1, 0.15) is 5.75 Å². The molecule has 0 unspecified atom stereocenters. The van der Waals surface area contributed by atoms with Crippen molar-refractivity contribution < 1.29 is 4.74 Å². The lowest BCUT2D eigenvalue weighted by Gasteiger charge is -2.05. The molecule has 0 amide bonds. The van der Waals surface area contributed by atoms with Gasteiger partial charge in [-0.25, -0.2) is 4.68 Å². The van der Waals surface area contributed by atoms with Crippen molar-refractivity contribution in [3.05, 3.63) is 106 Å². The lowest BCUT2D eigenvalue weighted by molar-refractivity contribution is 0.306. The van der Waals surface area contributed by atoms with E-state index < -0.39 is 0 Å². The van der Waals surface area contributed by atoms with Crippen molar-refractivity contribution in [2.24, 2.45) is 0 Å². The van der Waals surface area contributed by atoms with Crippen LogP contribution in [0.5, 0.6) is 5.75 Å². The molecular weight excluding hydrogens is 587 g/mol. The van der Waals surface area contributed by atoms with Crippen molar-refractivity contribution in [1.29, 1.82) is 0 Å². The molecule has 0 bridgehead atoms. The van der Waals surface area contributed by atoms with Gasteiger partial charge in [0, 0.05) is 27.8 Å². The van der Waals surface area contributed by atoms with Gasteiger partial charge in [-0.3, -0.25) is 4.79 Å². The van der Waals surface area contributed by atoms with E-state index >= 15 is 0 Å². The molecule has 0 aliphatic rings. The van der Waals surface area contributed by atoms with Crippen molar-refractivity contribution in [2.75, 3.05) is 12.4 Å². The summed E-state index contributed by atoms with van der Waals surface area (Å²) >= 11 is 3.20. The molecule has 6 rings (SSSR count). The lowest BCUT2D eigenvalue weighted by Crippen LogP contribution is -2.23. The highest BCUT2D eigenvalue weighted by atomic mass is 32.2. The first kappa shape index (κ1) is 29.8. The minimum absolute atomic E-state index is 0.194. The van der Waals surface area contributed by atoms with Crippen LogP contribution in [0.1, 0.15) is 51.5 Å². The van der Waals surface area contributed by atoms with Crippen LogP contribution < -0.4 is 14.8 Å². The number of thioether (sulfide) groups is 1. The second kappa shape index (κ2) is 14.1. The molecule has 44 heavy (non-hydrogen) atoms. The van der Waals surface area contributed by atoms with Gasteiger partial charge >= 0.3 is 0 Å². The minimum atomic E-state index is -0.194. The number of ether oxygens (including phenoxy) is 1. The summed E-state index contributed by atoms with van der Waals surface area (Å²) in [5.41, 5.74) is 4.27. The third kappa shape index (κ3) is 6.79. The van der Waals surface area contributed by atoms with Gasteiger partial charge in [0.25, 0.3) is 5.56 Å². The number of nitrogens with zero attached hydrogens (tertiary/aromatic N) is 5. The predicted molar refractivity (Wildman–Crippen MR) is 181 cm³/mol. The van der Waals surface area contributed by atoms with Gasteiger partial charge < -0.3 is 4.74 Å². The summed E-state index contributed by atoms with van der Waals surface area (Å²) in [5, 5.41) is 9.50. The number of hydrogen-bond acceptors (Lipinski definition) is 7. The summed E-state index contributed by atoms with van der Waals surface area (Å²) in [6.07, 6.45) is 9.63. The van der Waals surface area contributed by atoms with Crippen LogP contribution in [0.4, 0.5) is 0 Å². The summed E-state index contributed by atoms with van der Waals surface area (Å²) in [5.74, 6) is 2.45. The standard InChI is InChI=1S/C35H35N5O2S2/c1-3-5-10-21-42-29-17-13-26(14-18-29)33-36-35-40(38-33)34(41)31(44-35)23-27-24-39(28-11-8-7-9-12-28)37-32(27)25-15-19-30(20-16-25)43-22-6-4-2/h7-9,11-20,23-24H,3-6,10,21-22H2,1-2H3/b31-23-. The zero-order valence-electron chi connectivity index (χ0n) is 25.0. The molecule has 0 N–H and O–H groups in total. The summed E-state index contributed by atoms with van der Waals surface area (Å²) in [4.78, 5) is 20.0. The van der Waals surface area contributed by atoms with Crippen LogP contribution in [0.25, 0.3) is 39.4 Å². The highest BCUT2D eigenvalue weighted by molar-refractivity contribution is 7.99. The summed E-state index contributed by atoms with van der Waals surface area (Å²) < 4.78 is 9.64. The number of thiazole rings is 1. The smallest absolute Gasteiger partial charge is 0.291 e. The number of benzene rings is 3. The van der Waals surface area contributed by atoms with Crippen LogP contribution in [0.3, 0.4) is 0 Å². The molecule has 0 radical (unpaired) electrons. The van der Waals surface area contributed by atoms with Crippen molar-refractivity contribution in [1.82, 2.24) is 24.4 Å². The molecule has 0 aliphatic carbocycles. The number of para-hydroxylation sites is 1. The summed E-state index contributed by atoms with van der Waals surface area (Å²) in [7, 11) is 0. The van der Waals surface area contributed by atoms with Crippen LogP contribution in [-0.4, -0.2) is 36.7 Å². The first-order chi connectivity index (χ1) is 21.6. The first-order valence-electron chi connectivity index (χ1n) is 15.2. The predicted octanol–water partition coefficient (Wildman–Crippen LogP) is 7.68. The van der Waals surface area contributed by atoms with Crippen LogP contribution in [0.15, 0.2) is 94.7 Å². The molecule has 224 valence electrons. The van der Waals surface area contributed by atoms with Gasteiger partial charge in [-0.05, 0) is 73.2 Å². The molecule has 3 aromatic heterocycles. The average Bonchev–Trinajstić information content (AvgIpc) is 3.75. The number of rotatable bonds is 13. The largest absolute Gasteiger partial charge is 0.494 e. The molecule has 0 atom stereocenters. The van der Waals surface area contributed by atoms with E-state index in [1.807, 2.05) is 83.3 Å². The van der Waals surface area contributed by atoms with Crippen LogP contribution in [0.2, 0.25) is 0 Å². The molecular formula is C35H35N5O2S2. The Morgan fingerprint density at radius 1 is 0.864 bits per heavy atom. The molecule has 3 heterocycles. The second-order valence-electron chi connectivity index (χ2n) is 10.6. The van der Waals surface area contributed by atoms with Crippen LogP contribution >= 0.6 is 23.1 Å². The Labute approximate surface area is 265 Å². The van der Waals surface area contributed by atoms with Gasteiger partial charge in [0.05, 0.1) is 22.5 Å². The molecule has 0 saturated heterocycles.